The molecule has 0 radical (unpaired) electrons. The van der Waals surface area contributed by atoms with Crippen molar-refractivity contribution in [1.82, 2.24) is 25.5 Å². The number of benzene rings is 1. The molecule has 2 fully saturated rings. The zero-order valence-corrected chi connectivity index (χ0v) is 21.8. The molecule has 2 aliphatic rings. The molecule has 180 valence electrons. The van der Waals surface area contributed by atoms with Crippen molar-refractivity contribution in [3.05, 3.63) is 48.3 Å². The van der Waals surface area contributed by atoms with Crippen LogP contribution in [0.25, 0.3) is 0 Å². The number of aromatic nitrogens is 2. The van der Waals surface area contributed by atoms with E-state index in [-0.39, 0.29) is 24.0 Å². The van der Waals surface area contributed by atoms with E-state index in [0.717, 1.165) is 81.4 Å². The summed E-state index contributed by atoms with van der Waals surface area (Å²) in [6.45, 7) is 7.53. The summed E-state index contributed by atoms with van der Waals surface area (Å²) < 4.78 is 6.01. The molecule has 1 saturated carbocycles. The smallest absolute Gasteiger partial charge is 0.225 e. The maximum atomic E-state index is 6.01. The van der Waals surface area contributed by atoms with Crippen molar-refractivity contribution in [2.75, 3.05) is 57.8 Å². The number of hydrogen-bond acceptors (Lipinski definition) is 6. The minimum atomic E-state index is 0. The second-order valence-corrected chi connectivity index (χ2v) is 8.45. The molecule has 4 rings (SSSR count). The molecule has 8 nitrogen and oxygen atoms in total. The van der Waals surface area contributed by atoms with Crippen LogP contribution < -0.4 is 20.3 Å². The maximum absolute atomic E-state index is 6.01. The zero-order valence-electron chi connectivity index (χ0n) is 19.4. The van der Waals surface area contributed by atoms with Crippen LogP contribution in [-0.4, -0.2) is 73.8 Å². The molecular formula is C24H36IN7O. The molecule has 33 heavy (non-hydrogen) atoms. The van der Waals surface area contributed by atoms with Crippen molar-refractivity contribution in [3.63, 3.8) is 0 Å². The third-order valence-corrected chi connectivity index (χ3v) is 5.96. The third-order valence-electron chi connectivity index (χ3n) is 5.96. The number of piperazine rings is 1. The number of aliphatic imine (C=N–C) groups is 1. The van der Waals surface area contributed by atoms with Crippen LogP contribution in [0, 0.1) is 5.92 Å². The number of rotatable bonds is 10. The summed E-state index contributed by atoms with van der Waals surface area (Å²) in [5.74, 6) is 3.39. The Morgan fingerprint density at radius 1 is 1.06 bits per heavy atom. The Bertz CT molecular complexity index is 855. The highest BCUT2D eigenvalue weighted by Crippen LogP contribution is 2.30. The Morgan fingerprint density at radius 3 is 2.55 bits per heavy atom. The van der Waals surface area contributed by atoms with E-state index in [2.05, 4.69) is 53.6 Å². The fourth-order valence-corrected chi connectivity index (χ4v) is 3.82. The van der Waals surface area contributed by atoms with E-state index in [9.17, 15) is 0 Å². The van der Waals surface area contributed by atoms with Gasteiger partial charge in [-0.05, 0) is 43.9 Å². The van der Waals surface area contributed by atoms with Gasteiger partial charge in [-0.3, -0.25) is 9.89 Å². The quantitative estimate of drug-likeness (QED) is 0.199. The van der Waals surface area contributed by atoms with Crippen molar-refractivity contribution in [1.29, 1.82) is 0 Å². The van der Waals surface area contributed by atoms with Crippen molar-refractivity contribution in [2.45, 2.75) is 25.8 Å². The van der Waals surface area contributed by atoms with E-state index in [1.165, 1.54) is 12.8 Å². The first kappa shape index (κ1) is 25.5. The van der Waals surface area contributed by atoms with Gasteiger partial charge in [0, 0.05) is 64.3 Å². The van der Waals surface area contributed by atoms with Crippen LogP contribution >= 0.6 is 24.0 Å². The zero-order chi connectivity index (χ0) is 22.0. The second kappa shape index (κ2) is 13.5. The van der Waals surface area contributed by atoms with E-state index in [1.807, 2.05) is 19.2 Å². The van der Waals surface area contributed by atoms with Gasteiger partial charge in [-0.25, -0.2) is 9.97 Å². The number of para-hydroxylation sites is 1. The van der Waals surface area contributed by atoms with Crippen LogP contribution in [0.3, 0.4) is 0 Å². The Kier molecular flexibility index (Phi) is 10.5. The number of ether oxygens (including phenoxy) is 1. The van der Waals surface area contributed by atoms with E-state index < -0.39 is 0 Å². The average molecular weight is 566 g/mol. The van der Waals surface area contributed by atoms with Crippen LogP contribution in [0.4, 0.5) is 5.95 Å². The molecule has 1 aromatic carbocycles. The molecule has 1 saturated heterocycles. The van der Waals surface area contributed by atoms with E-state index in [1.54, 1.807) is 12.4 Å². The lowest BCUT2D eigenvalue weighted by Crippen LogP contribution is -2.47. The highest BCUT2D eigenvalue weighted by molar-refractivity contribution is 14.0. The lowest BCUT2D eigenvalue weighted by molar-refractivity contribution is 0.254. The van der Waals surface area contributed by atoms with E-state index >= 15 is 0 Å². The van der Waals surface area contributed by atoms with Gasteiger partial charge in [0.2, 0.25) is 5.95 Å². The van der Waals surface area contributed by atoms with Crippen molar-refractivity contribution >= 4 is 35.9 Å². The SMILES string of the molecule is CN=C(NCCCN1CCN(c2ncccn2)CC1)NCc1ccccc1OCC1CC1.I. The van der Waals surface area contributed by atoms with Gasteiger partial charge in [0.25, 0.3) is 0 Å². The van der Waals surface area contributed by atoms with Crippen LogP contribution in [0.15, 0.2) is 47.7 Å². The average Bonchev–Trinajstić information content (AvgIpc) is 3.68. The van der Waals surface area contributed by atoms with E-state index in [0.29, 0.717) is 6.54 Å². The van der Waals surface area contributed by atoms with Gasteiger partial charge >= 0.3 is 0 Å². The first-order chi connectivity index (χ1) is 15.8. The predicted molar refractivity (Wildman–Crippen MR) is 144 cm³/mol. The molecule has 1 aliphatic heterocycles. The fourth-order valence-electron chi connectivity index (χ4n) is 3.82. The monoisotopic (exact) mass is 565 g/mol. The highest BCUT2D eigenvalue weighted by atomic mass is 127. The molecule has 1 aromatic heterocycles. The van der Waals surface area contributed by atoms with E-state index in [4.69, 9.17) is 4.74 Å². The summed E-state index contributed by atoms with van der Waals surface area (Å²) >= 11 is 0. The van der Waals surface area contributed by atoms with Crippen LogP contribution in [0.5, 0.6) is 5.75 Å². The van der Waals surface area contributed by atoms with Gasteiger partial charge in [-0.15, -0.1) is 24.0 Å². The minimum absolute atomic E-state index is 0. The van der Waals surface area contributed by atoms with Gasteiger partial charge in [-0.1, -0.05) is 18.2 Å². The molecule has 9 heteroatoms. The Balaban J connectivity index is 0.00000306. The number of nitrogens with one attached hydrogen (secondary N) is 2. The second-order valence-electron chi connectivity index (χ2n) is 8.45. The summed E-state index contributed by atoms with van der Waals surface area (Å²) in [4.78, 5) is 17.8. The lowest BCUT2D eigenvalue weighted by atomic mass is 10.2. The first-order valence-corrected chi connectivity index (χ1v) is 11.7. The lowest BCUT2D eigenvalue weighted by Gasteiger charge is -2.34. The highest BCUT2D eigenvalue weighted by Gasteiger charge is 2.22. The summed E-state index contributed by atoms with van der Waals surface area (Å²) in [7, 11) is 1.82. The molecular weight excluding hydrogens is 529 g/mol. The fraction of sp³-hybridized carbons (Fsp3) is 0.542. The first-order valence-electron chi connectivity index (χ1n) is 11.7. The van der Waals surface area contributed by atoms with Crippen LogP contribution in [-0.2, 0) is 6.54 Å². The summed E-state index contributed by atoms with van der Waals surface area (Å²) in [5, 5.41) is 6.85. The molecule has 2 aromatic rings. The van der Waals surface area contributed by atoms with Gasteiger partial charge in [0.15, 0.2) is 5.96 Å². The van der Waals surface area contributed by atoms with Crippen molar-refractivity contribution in [3.8, 4) is 5.75 Å². The largest absolute Gasteiger partial charge is 0.493 e. The summed E-state index contributed by atoms with van der Waals surface area (Å²) in [6, 6.07) is 10.1. The summed E-state index contributed by atoms with van der Waals surface area (Å²) in [5.41, 5.74) is 1.16. The molecule has 1 aliphatic carbocycles. The van der Waals surface area contributed by atoms with Crippen molar-refractivity contribution < 1.29 is 4.74 Å². The van der Waals surface area contributed by atoms with Crippen LogP contribution in [0.1, 0.15) is 24.8 Å². The Morgan fingerprint density at radius 2 is 1.82 bits per heavy atom. The van der Waals surface area contributed by atoms with Gasteiger partial charge < -0.3 is 20.3 Å². The normalized spacial score (nSPS) is 16.8. The molecule has 0 amide bonds. The molecule has 0 spiro atoms. The Hall–Kier alpha value is -2.14. The number of nitrogens with zero attached hydrogens (tertiary/aromatic N) is 5. The molecule has 0 bridgehead atoms. The van der Waals surface area contributed by atoms with Crippen LogP contribution in [0.2, 0.25) is 0 Å². The molecule has 2 heterocycles. The number of anilines is 1. The maximum Gasteiger partial charge on any atom is 0.225 e. The van der Waals surface area contributed by atoms with Gasteiger partial charge in [0.05, 0.1) is 6.61 Å². The van der Waals surface area contributed by atoms with Gasteiger partial charge in [-0.2, -0.15) is 0 Å². The number of halogens is 1. The number of hydrogen-bond donors (Lipinski definition) is 2. The molecule has 2 N–H and O–H groups in total. The standard InChI is InChI=1S/C24H35N7O.HI/c1-25-23(29-18-21-6-2-3-7-22(21)32-19-20-8-9-20)26-12-5-13-30-14-16-31(17-15-30)24-27-10-4-11-28-24;/h2-4,6-7,10-11,20H,5,8-9,12-19H2,1H3,(H2,25,26,29);1H. The van der Waals surface area contributed by atoms with Gasteiger partial charge in [0.1, 0.15) is 5.75 Å². The topological polar surface area (TPSA) is 77.9 Å². The Labute approximate surface area is 214 Å². The summed E-state index contributed by atoms with van der Waals surface area (Å²) in [6.07, 6.45) is 7.29. The number of guanidine groups is 1. The third kappa shape index (κ3) is 8.29. The minimum Gasteiger partial charge on any atom is -0.493 e. The predicted octanol–water partition coefficient (Wildman–Crippen LogP) is 2.76. The molecule has 0 atom stereocenters. The molecule has 0 unspecified atom stereocenters. The van der Waals surface area contributed by atoms with Crippen molar-refractivity contribution in [2.24, 2.45) is 10.9 Å².